The Kier molecular flexibility index (Phi) is 5.53. The third-order valence-corrected chi connectivity index (χ3v) is 3.30. The molecule has 0 unspecified atom stereocenters. The molecule has 1 heterocycles. The number of anilines is 2. The monoisotopic (exact) mass is 305 g/mol. The van der Waals surface area contributed by atoms with Crippen molar-refractivity contribution in [1.29, 1.82) is 0 Å². The van der Waals surface area contributed by atoms with E-state index in [1.54, 1.807) is 6.07 Å². The van der Waals surface area contributed by atoms with E-state index in [2.05, 4.69) is 53.0 Å². The lowest BCUT2D eigenvalue weighted by Crippen LogP contribution is -2.18. The molecule has 1 aromatic carbocycles. The molecule has 0 fully saturated rings. The number of benzene rings is 1. The van der Waals surface area contributed by atoms with Crippen molar-refractivity contribution in [2.45, 2.75) is 27.4 Å². The minimum atomic E-state index is 0.371. The van der Waals surface area contributed by atoms with Gasteiger partial charge in [-0.15, -0.1) is 0 Å². The van der Waals surface area contributed by atoms with Crippen molar-refractivity contribution >= 4 is 23.1 Å². The van der Waals surface area contributed by atoms with E-state index in [9.17, 15) is 0 Å². The van der Waals surface area contributed by atoms with Crippen LogP contribution in [0.25, 0.3) is 0 Å². The smallest absolute Gasteiger partial charge is 0.158 e. The first kappa shape index (κ1) is 15.7. The van der Waals surface area contributed by atoms with E-state index in [-0.39, 0.29) is 0 Å². The average Bonchev–Trinajstić information content (AvgIpc) is 2.47. The summed E-state index contributed by atoms with van der Waals surface area (Å²) in [5.74, 6) is 1.39. The SMILES string of the molecule is CCOCc1nc(Cl)cc(N(CC)c2ccc(C)cc2)n1. The molecule has 0 spiro atoms. The van der Waals surface area contributed by atoms with Gasteiger partial charge in [-0.05, 0) is 32.9 Å². The fraction of sp³-hybridized carbons (Fsp3) is 0.375. The number of hydrogen-bond acceptors (Lipinski definition) is 4. The van der Waals surface area contributed by atoms with Crippen LogP contribution in [0.2, 0.25) is 5.15 Å². The molecule has 0 saturated heterocycles. The van der Waals surface area contributed by atoms with Crippen LogP contribution in [-0.4, -0.2) is 23.1 Å². The molecule has 0 radical (unpaired) electrons. The predicted molar refractivity (Wildman–Crippen MR) is 86.2 cm³/mol. The van der Waals surface area contributed by atoms with E-state index in [1.165, 1.54) is 5.56 Å². The summed E-state index contributed by atoms with van der Waals surface area (Å²) in [6.45, 7) is 7.89. The highest BCUT2D eigenvalue weighted by Crippen LogP contribution is 2.25. The van der Waals surface area contributed by atoms with Gasteiger partial charge in [-0.1, -0.05) is 29.3 Å². The quantitative estimate of drug-likeness (QED) is 0.752. The van der Waals surface area contributed by atoms with Gasteiger partial charge in [0.15, 0.2) is 5.82 Å². The molecule has 1 aromatic heterocycles. The number of aryl methyl sites for hydroxylation is 1. The minimum Gasteiger partial charge on any atom is -0.374 e. The zero-order valence-corrected chi connectivity index (χ0v) is 13.4. The molecule has 5 heteroatoms. The highest BCUT2D eigenvalue weighted by atomic mass is 35.5. The summed E-state index contributed by atoms with van der Waals surface area (Å²) >= 11 is 6.11. The molecule has 2 aromatic rings. The lowest BCUT2D eigenvalue weighted by atomic mass is 10.2. The second-order valence-electron chi connectivity index (χ2n) is 4.68. The highest BCUT2D eigenvalue weighted by Gasteiger charge is 2.12. The maximum absolute atomic E-state index is 6.11. The van der Waals surface area contributed by atoms with E-state index in [0.717, 1.165) is 18.1 Å². The summed E-state index contributed by atoms with van der Waals surface area (Å²) < 4.78 is 5.36. The van der Waals surface area contributed by atoms with Gasteiger partial charge < -0.3 is 9.64 Å². The minimum absolute atomic E-state index is 0.371. The average molecular weight is 306 g/mol. The third kappa shape index (κ3) is 4.16. The third-order valence-electron chi connectivity index (χ3n) is 3.10. The second kappa shape index (κ2) is 7.38. The fourth-order valence-electron chi connectivity index (χ4n) is 2.05. The summed E-state index contributed by atoms with van der Waals surface area (Å²) in [4.78, 5) is 10.8. The summed E-state index contributed by atoms with van der Waals surface area (Å²) in [6.07, 6.45) is 0. The van der Waals surface area contributed by atoms with Gasteiger partial charge in [0.25, 0.3) is 0 Å². The Balaban J connectivity index is 2.32. The number of rotatable bonds is 6. The van der Waals surface area contributed by atoms with Crippen LogP contribution in [0.1, 0.15) is 25.2 Å². The van der Waals surface area contributed by atoms with Crippen LogP contribution in [0.4, 0.5) is 11.5 Å². The molecule has 0 amide bonds. The molecule has 2 rings (SSSR count). The molecule has 4 nitrogen and oxygen atoms in total. The summed E-state index contributed by atoms with van der Waals surface area (Å²) in [7, 11) is 0. The summed E-state index contributed by atoms with van der Waals surface area (Å²) in [5, 5.41) is 0.431. The Hall–Kier alpha value is -1.65. The molecule has 112 valence electrons. The number of ether oxygens (including phenoxy) is 1. The highest BCUT2D eigenvalue weighted by molar-refractivity contribution is 6.29. The van der Waals surface area contributed by atoms with Crippen molar-refractivity contribution in [2.75, 3.05) is 18.1 Å². The van der Waals surface area contributed by atoms with Gasteiger partial charge in [0.2, 0.25) is 0 Å². The van der Waals surface area contributed by atoms with Crippen LogP contribution in [0, 0.1) is 6.92 Å². The Morgan fingerprint density at radius 2 is 1.86 bits per heavy atom. The van der Waals surface area contributed by atoms with Crippen LogP contribution in [-0.2, 0) is 11.3 Å². The maximum Gasteiger partial charge on any atom is 0.158 e. The molecule has 21 heavy (non-hydrogen) atoms. The van der Waals surface area contributed by atoms with Crippen LogP contribution >= 0.6 is 11.6 Å². The first-order valence-electron chi connectivity index (χ1n) is 7.09. The molecular weight excluding hydrogens is 286 g/mol. The molecule has 0 aliphatic carbocycles. The summed E-state index contributed by atoms with van der Waals surface area (Å²) in [6, 6.07) is 10.1. The molecule has 0 N–H and O–H groups in total. The first-order valence-corrected chi connectivity index (χ1v) is 7.47. The van der Waals surface area contributed by atoms with E-state index in [0.29, 0.717) is 24.2 Å². The van der Waals surface area contributed by atoms with Crippen LogP contribution in [0.5, 0.6) is 0 Å². The zero-order chi connectivity index (χ0) is 15.2. The van der Waals surface area contributed by atoms with Crippen molar-refractivity contribution in [1.82, 2.24) is 9.97 Å². The van der Waals surface area contributed by atoms with Crippen molar-refractivity contribution < 1.29 is 4.74 Å². The van der Waals surface area contributed by atoms with E-state index in [1.807, 2.05) is 6.92 Å². The van der Waals surface area contributed by atoms with E-state index in [4.69, 9.17) is 16.3 Å². The lowest BCUT2D eigenvalue weighted by molar-refractivity contribution is 0.128. The first-order chi connectivity index (χ1) is 10.1. The second-order valence-corrected chi connectivity index (χ2v) is 5.07. The van der Waals surface area contributed by atoms with Crippen molar-refractivity contribution in [3.63, 3.8) is 0 Å². The van der Waals surface area contributed by atoms with Crippen molar-refractivity contribution in [3.05, 3.63) is 46.9 Å². The van der Waals surface area contributed by atoms with Gasteiger partial charge in [-0.25, -0.2) is 9.97 Å². The van der Waals surface area contributed by atoms with Crippen LogP contribution in [0.3, 0.4) is 0 Å². The molecule has 0 aliphatic heterocycles. The maximum atomic E-state index is 6.11. The number of hydrogen-bond donors (Lipinski definition) is 0. The van der Waals surface area contributed by atoms with Crippen molar-refractivity contribution in [2.24, 2.45) is 0 Å². The molecule has 0 bridgehead atoms. The van der Waals surface area contributed by atoms with Gasteiger partial charge in [0.05, 0.1) is 0 Å². The van der Waals surface area contributed by atoms with Gasteiger partial charge in [0.1, 0.15) is 17.6 Å². The summed E-state index contributed by atoms with van der Waals surface area (Å²) in [5.41, 5.74) is 2.31. The topological polar surface area (TPSA) is 38.2 Å². The molecule has 0 aliphatic rings. The van der Waals surface area contributed by atoms with Crippen LogP contribution in [0.15, 0.2) is 30.3 Å². The largest absolute Gasteiger partial charge is 0.374 e. The number of nitrogens with zero attached hydrogens (tertiary/aromatic N) is 3. The zero-order valence-electron chi connectivity index (χ0n) is 12.6. The Morgan fingerprint density at radius 1 is 1.14 bits per heavy atom. The van der Waals surface area contributed by atoms with E-state index >= 15 is 0 Å². The Morgan fingerprint density at radius 3 is 2.48 bits per heavy atom. The standard InChI is InChI=1S/C16H20ClN3O/c1-4-20(13-8-6-12(3)7-9-13)16-10-14(17)18-15(19-16)11-21-5-2/h6-10H,4-5,11H2,1-3H3. The van der Waals surface area contributed by atoms with Crippen molar-refractivity contribution in [3.8, 4) is 0 Å². The van der Waals surface area contributed by atoms with Gasteiger partial charge in [-0.2, -0.15) is 0 Å². The van der Waals surface area contributed by atoms with Crippen LogP contribution < -0.4 is 4.90 Å². The van der Waals surface area contributed by atoms with E-state index < -0.39 is 0 Å². The number of aromatic nitrogens is 2. The predicted octanol–water partition coefficient (Wildman–Crippen LogP) is 4.13. The molecule has 0 atom stereocenters. The lowest BCUT2D eigenvalue weighted by Gasteiger charge is -2.22. The fourth-order valence-corrected chi connectivity index (χ4v) is 2.24. The molecular formula is C16H20ClN3O. The van der Waals surface area contributed by atoms with Gasteiger partial charge in [-0.3, -0.25) is 0 Å². The normalized spacial score (nSPS) is 10.7. The Labute approximate surface area is 130 Å². The van der Waals surface area contributed by atoms with Gasteiger partial charge in [0, 0.05) is 24.9 Å². The molecule has 0 saturated carbocycles. The number of halogens is 1. The van der Waals surface area contributed by atoms with Gasteiger partial charge >= 0.3 is 0 Å². The Bertz CT molecular complexity index is 587.